The summed E-state index contributed by atoms with van der Waals surface area (Å²) < 4.78 is 0. The molecule has 0 saturated carbocycles. The molecule has 19 heavy (non-hydrogen) atoms. The topological polar surface area (TPSA) is 52.6 Å². The van der Waals surface area contributed by atoms with Gasteiger partial charge in [0.25, 0.3) is 5.91 Å². The number of amides is 1. The number of hydrogen-bond donors (Lipinski definition) is 2. The fraction of sp³-hybridized carbons (Fsp3) is 0.500. The van der Waals surface area contributed by atoms with Crippen molar-refractivity contribution in [2.75, 3.05) is 33.8 Å². The summed E-state index contributed by atoms with van der Waals surface area (Å²) >= 11 is 1.38. The van der Waals surface area contributed by atoms with Crippen LogP contribution in [0.25, 0.3) is 0 Å². The second-order valence-electron chi connectivity index (χ2n) is 4.35. The Balaban J connectivity index is 2.39. The zero-order chi connectivity index (χ0) is 14.1. The normalized spacial score (nSPS) is 10.1. The van der Waals surface area contributed by atoms with E-state index in [4.69, 9.17) is 5.11 Å². The molecule has 0 atom stereocenters. The molecule has 4 nitrogen and oxygen atoms in total. The van der Waals surface area contributed by atoms with Gasteiger partial charge in [0.2, 0.25) is 0 Å². The Morgan fingerprint density at radius 2 is 2.26 bits per heavy atom. The summed E-state index contributed by atoms with van der Waals surface area (Å²) in [5.41, 5.74) is 0. The van der Waals surface area contributed by atoms with Crippen LogP contribution in [0.5, 0.6) is 0 Å². The van der Waals surface area contributed by atoms with Gasteiger partial charge in [-0.3, -0.25) is 4.79 Å². The summed E-state index contributed by atoms with van der Waals surface area (Å²) in [4.78, 5) is 15.5. The van der Waals surface area contributed by atoms with E-state index in [-0.39, 0.29) is 12.5 Å². The average Bonchev–Trinajstić information content (AvgIpc) is 2.83. The third-order valence-electron chi connectivity index (χ3n) is 2.35. The number of carbonyl (C=O) groups excluding carboxylic acids is 1. The van der Waals surface area contributed by atoms with Crippen molar-refractivity contribution in [1.29, 1.82) is 0 Å². The summed E-state index contributed by atoms with van der Waals surface area (Å²) in [6, 6.07) is 3.62. The molecule has 0 fully saturated rings. The fourth-order valence-electron chi connectivity index (χ4n) is 1.42. The summed E-state index contributed by atoms with van der Waals surface area (Å²) in [6.45, 7) is 1.71. The first-order chi connectivity index (χ1) is 9.13. The van der Waals surface area contributed by atoms with Gasteiger partial charge in [-0.25, -0.2) is 0 Å². The molecule has 0 saturated heterocycles. The molecule has 1 heterocycles. The molecule has 0 aliphatic carbocycles. The molecule has 5 heteroatoms. The van der Waals surface area contributed by atoms with E-state index in [1.807, 2.05) is 20.2 Å². The van der Waals surface area contributed by atoms with Crippen LogP contribution < -0.4 is 5.32 Å². The average molecular weight is 280 g/mol. The first-order valence-electron chi connectivity index (χ1n) is 6.26. The van der Waals surface area contributed by atoms with Crippen LogP contribution in [-0.4, -0.2) is 49.7 Å². The molecule has 0 aliphatic rings. The molecule has 1 aromatic heterocycles. The number of aliphatic hydroxyl groups is 1. The molecule has 0 unspecified atom stereocenters. The van der Waals surface area contributed by atoms with Gasteiger partial charge in [-0.1, -0.05) is 11.8 Å². The van der Waals surface area contributed by atoms with Crippen LogP contribution >= 0.6 is 11.3 Å². The molecule has 104 valence electrons. The predicted octanol–water partition coefficient (Wildman–Crippen LogP) is 1.16. The van der Waals surface area contributed by atoms with Gasteiger partial charge >= 0.3 is 0 Å². The predicted molar refractivity (Wildman–Crippen MR) is 78.4 cm³/mol. The Bertz CT molecular complexity index is 458. The SMILES string of the molecule is CN(C)CCCNC(=O)c1ccc(C#CCCO)s1. The van der Waals surface area contributed by atoms with Crippen molar-refractivity contribution in [3.05, 3.63) is 21.9 Å². The molecular weight excluding hydrogens is 260 g/mol. The smallest absolute Gasteiger partial charge is 0.261 e. The van der Waals surface area contributed by atoms with E-state index in [2.05, 4.69) is 22.1 Å². The van der Waals surface area contributed by atoms with Crippen molar-refractivity contribution in [2.45, 2.75) is 12.8 Å². The van der Waals surface area contributed by atoms with Crippen LogP contribution in [0.4, 0.5) is 0 Å². The Morgan fingerprint density at radius 1 is 1.47 bits per heavy atom. The van der Waals surface area contributed by atoms with E-state index in [0.717, 1.165) is 17.8 Å². The Labute approximate surface area is 118 Å². The number of thiophene rings is 1. The molecule has 0 aromatic carbocycles. The first kappa shape index (κ1) is 15.7. The van der Waals surface area contributed by atoms with Gasteiger partial charge in [-0.05, 0) is 39.2 Å². The number of hydrogen-bond acceptors (Lipinski definition) is 4. The third kappa shape index (κ3) is 6.39. The van der Waals surface area contributed by atoms with Gasteiger partial charge in [-0.2, -0.15) is 0 Å². The van der Waals surface area contributed by atoms with Gasteiger partial charge in [0.05, 0.1) is 16.4 Å². The second kappa shape index (κ2) is 8.70. The minimum atomic E-state index is -0.0426. The van der Waals surface area contributed by atoms with E-state index >= 15 is 0 Å². The van der Waals surface area contributed by atoms with E-state index in [9.17, 15) is 4.79 Å². The van der Waals surface area contributed by atoms with Crippen LogP contribution in [0.1, 0.15) is 27.4 Å². The van der Waals surface area contributed by atoms with Gasteiger partial charge < -0.3 is 15.3 Å². The molecule has 0 bridgehead atoms. The monoisotopic (exact) mass is 280 g/mol. The number of aliphatic hydroxyl groups excluding tert-OH is 1. The molecule has 0 spiro atoms. The largest absolute Gasteiger partial charge is 0.395 e. The second-order valence-corrected chi connectivity index (χ2v) is 5.44. The first-order valence-corrected chi connectivity index (χ1v) is 7.07. The van der Waals surface area contributed by atoms with Crippen molar-refractivity contribution >= 4 is 17.2 Å². The summed E-state index contributed by atoms with van der Waals surface area (Å²) in [7, 11) is 4.02. The molecular formula is C14H20N2O2S. The van der Waals surface area contributed by atoms with Gasteiger partial charge in [0.15, 0.2) is 0 Å². The van der Waals surface area contributed by atoms with E-state index in [0.29, 0.717) is 17.8 Å². The highest BCUT2D eigenvalue weighted by molar-refractivity contribution is 7.14. The lowest BCUT2D eigenvalue weighted by Gasteiger charge is -2.09. The van der Waals surface area contributed by atoms with E-state index in [1.165, 1.54) is 11.3 Å². The molecule has 1 rings (SSSR count). The van der Waals surface area contributed by atoms with E-state index in [1.54, 1.807) is 6.07 Å². The Hall–Kier alpha value is -1.35. The minimum absolute atomic E-state index is 0.0426. The van der Waals surface area contributed by atoms with Gasteiger partial charge in [0.1, 0.15) is 0 Å². The molecule has 0 radical (unpaired) electrons. The molecule has 2 N–H and O–H groups in total. The van der Waals surface area contributed by atoms with Crippen LogP contribution in [0.2, 0.25) is 0 Å². The summed E-state index contributed by atoms with van der Waals surface area (Å²) in [5, 5.41) is 11.5. The zero-order valence-electron chi connectivity index (χ0n) is 11.4. The van der Waals surface area contributed by atoms with Crippen molar-refractivity contribution < 1.29 is 9.90 Å². The van der Waals surface area contributed by atoms with Gasteiger partial charge in [-0.15, -0.1) is 11.3 Å². The molecule has 1 aromatic rings. The molecule has 1 amide bonds. The highest BCUT2D eigenvalue weighted by atomic mass is 32.1. The Morgan fingerprint density at radius 3 is 2.95 bits per heavy atom. The summed E-state index contributed by atoms with van der Waals surface area (Å²) in [5.74, 6) is 5.72. The standard InChI is InChI=1S/C14H20N2O2S/c1-16(2)10-5-9-15-14(18)13-8-7-12(19-13)6-3-4-11-17/h7-8,17H,4-5,9-11H2,1-2H3,(H,15,18). The number of nitrogens with one attached hydrogen (secondary N) is 1. The van der Waals surface area contributed by atoms with Gasteiger partial charge in [0, 0.05) is 13.0 Å². The Kier molecular flexibility index (Phi) is 7.19. The lowest BCUT2D eigenvalue weighted by Crippen LogP contribution is -2.26. The lowest BCUT2D eigenvalue weighted by molar-refractivity contribution is 0.0956. The maximum Gasteiger partial charge on any atom is 0.261 e. The third-order valence-corrected chi connectivity index (χ3v) is 3.35. The molecule has 0 aliphatic heterocycles. The quantitative estimate of drug-likeness (QED) is 0.607. The van der Waals surface area contributed by atoms with Crippen molar-refractivity contribution in [1.82, 2.24) is 10.2 Å². The lowest BCUT2D eigenvalue weighted by atomic mass is 10.3. The minimum Gasteiger partial charge on any atom is -0.395 e. The van der Waals surface area contributed by atoms with Crippen LogP contribution in [0.3, 0.4) is 0 Å². The fourth-order valence-corrected chi connectivity index (χ4v) is 2.21. The summed E-state index contributed by atoms with van der Waals surface area (Å²) in [6.07, 6.45) is 1.40. The van der Waals surface area contributed by atoms with Crippen LogP contribution in [-0.2, 0) is 0 Å². The highest BCUT2D eigenvalue weighted by Crippen LogP contribution is 2.15. The van der Waals surface area contributed by atoms with Crippen molar-refractivity contribution in [3.8, 4) is 11.8 Å². The number of rotatable bonds is 6. The maximum absolute atomic E-state index is 11.8. The van der Waals surface area contributed by atoms with Crippen LogP contribution in [0, 0.1) is 11.8 Å². The zero-order valence-corrected chi connectivity index (χ0v) is 12.2. The van der Waals surface area contributed by atoms with Crippen LogP contribution in [0.15, 0.2) is 12.1 Å². The van der Waals surface area contributed by atoms with Crippen molar-refractivity contribution in [2.24, 2.45) is 0 Å². The maximum atomic E-state index is 11.8. The highest BCUT2D eigenvalue weighted by Gasteiger charge is 2.07. The number of carbonyl (C=O) groups is 1. The van der Waals surface area contributed by atoms with E-state index < -0.39 is 0 Å². The number of nitrogens with zero attached hydrogens (tertiary/aromatic N) is 1. The van der Waals surface area contributed by atoms with Crippen molar-refractivity contribution in [3.63, 3.8) is 0 Å².